The van der Waals surface area contributed by atoms with Crippen LogP contribution in [0, 0.1) is 5.41 Å². The first kappa shape index (κ1) is 17.6. The third kappa shape index (κ3) is 4.25. The highest BCUT2D eigenvalue weighted by molar-refractivity contribution is 5.80. The summed E-state index contributed by atoms with van der Waals surface area (Å²) in [6.45, 7) is 2.68. The van der Waals surface area contributed by atoms with Gasteiger partial charge in [0.05, 0.1) is 17.4 Å². The fourth-order valence-corrected chi connectivity index (χ4v) is 3.68. The fraction of sp³-hybridized carbons (Fsp3) is 0.526. The molecule has 0 bridgehead atoms. The van der Waals surface area contributed by atoms with E-state index in [1.165, 1.54) is 5.69 Å². The van der Waals surface area contributed by atoms with Gasteiger partial charge in [-0.15, -0.1) is 0 Å². The van der Waals surface area contributed by atoms with Crippen LogP contribution in [0.3, 0.4) is 0 Å². The van der Waals surface area contributed by atoms with Crippen LogP contribution in [0.15, 0.2) is 36.9 Å². The number of aryl methyl sites for hydroxylation is 2. The number of hydrogen-bond donors (Lipinski definition) is 1. The number of likely N-dealkylation sites (tertiary alicyclic amines) is 1. The molecule has 6 heteroatoms. The Bertz CT molecular complexity index is 689. The van der Waals surface area contributed by atoms with Gasteiger partial charge in [0, 0.05) is 31.7 Å². The predicted molar refractivity (Wildman–Crippen MR) is 96.5 cm³/mol. The lowest BCUT2D eigenvalue weighted by Crippen LogP contribution is -2.47. The first-order valence-corrected chi connectivity index (χ1v) is 8.96. The summed E-state index contributed by atoms with van der Waals surface area (Å²) in [4.78, 5) is 23.1. The average molecular weight is 341 g/mol. The highest BCUT2D eigenvalue weighted by Crippen LogP contribution is 2.36. The number of aromatic nitrogens is 3. The zero-order valence-corrected chi connectivity index (χ0v) is 14.9. The summed E-state index contributed by atoms with van der Waals surface area (Å²) >= 11 is 0. The van der Waals surface area contributed by atoms with Crippen molar-refractivity contribution in [3.63, 3.8) is 0 Å². The van der Waals surface area contributed by atoms with Crippen LogP contribution in [0.1, 0.15) is 37.1 Å². The van der Waals surface area contributed by atoms with E-state index >= 15 is 0 Å². The second-order valence-electron chi connectivity index (χ2n) is 7.09. The van der Waals surface area contributed by atoms with Gasteiger partial charge in [0.1, 0.15) is 0 Å². The van der Waals surface area contributed by atoms with E-state index in [4.69, 9.17) is 5.73 Å². The van der Waals surface area contributed by atoms with Crippen molar-refractivity contribution in [2.45, 2.75) is 38.6 Å². The molecule has 0 aliphatic carbocycles. The number of carbonyl (C=O) groups excluding carboxylic acids is 1. The Morgan fingerprint density at radius 3 is 2.72 bits per heavy atom. The molecule has 2 N–H and O–H groups in total. The Morgan fingerprint density at radius 2 is 2.12 bits per heavy atom. The van der Waals surface area contributed by atoms with Gasteiger partial charge in [-0.2, -0.15) is 0 Å². The van der Waals surface area contributed by atoms with E-state index < -0.39 is 0 Å². The molecular weight excluding hydrogens is 314 g/mol. The summed E-state index contributed by atoms with van der Waals surface area (Å²) in [7, 11) is 2.01. The molecule has 2 aromatic heterocycles. The number of rotatable bonds is 7. The molecule has 0 saturated carbocycles. The molecule has 1 aliphatic heterocycles. The number of nitrogens with two attached hydrogens (primary N) is 1. The summed E-state index contributed by atoms with van der Waals surface area (Å²) in [5, 5.41) is 0. The molecule has 0 unspecified atom stereocenters. The molecule has 1 amide bonds. The number of amides is 1. The Balaban J connectivity index is 1.53. The molecule has 3 heterocycles. The predicted octanol–water partition coefficient (Wildman–Crippen LogP) is 1.91. The van der Waals surface area contributed by atoms with Crippen LogP contribution in [0.2, 0.25) is 0 Å². The summed E-state index contributed by atoms with van der Waals surface area (Å²) < 4.78 is 2.04. The highest BCUT2D eigenvalue weighted by atomic mass is 16.1. The number of pyridine rings is 1. The molecule has 25 heavy (non-hydrogen) atoms. The Morgan fingerprint density at radius 1 is 1.32 bits per heavy atom. The third-order valence-electron chi connectivity index (χ3n) is 5.45. The SMILES string of the molecule is Cn1cncc1CN1CCC(CCCc2ccccn2)(C(N)=O)CC1. The Hall–Kier alpha value is -2.21. The largest absolute Gasteiger partial charge is 0.369 e. The lowest BCUT2D eigenvalue weighted by atomic mass is 9.73. The molecule has 0 radical (unpaired) electrons. The van der Waals surface area contributed by atoms with Gasteiger partial charge < -0.3 is 10.3 Å². The van der Waals surface area contributed by atoms with Gasteiger partial charge in [-0.1, -0.05) is 6.07 Å². The molecule has 1 fully saturated rings. The maximum atomic E-state index is 12.2. The number of primary amides is 1. The van der Waals surface area contributed by atoms with E-state index in [1.54, 1.807) is 0 Å². The fourth-order valence-electron chi connectivity index (χ4n) is 3.68. The van der Waals surface area contributed by atoms with Crippen LogP contribution in [-0.2, 0) is 24.8 Å². The summed E-state index contributed by atoms with van der Waals surface area (Å²) in [5.74, 6) is -0.145. The van der Waals surface area contributed by atoms with Gasteiger partial charge in [0.2, 0.25) is 5.91 Å². The third-order valence-corrected chi connectivity index (χ3v) is 5.45. The molecule has 1 aliphatic rings. The average Bonchev–Trinajstić information content (AvgIpc) is 3.02. The standard InChI is InChI=1S/C19H27N5O/c1-23-15-21-13-17(23)14-24-11-8-19(9-12-24,18(20)25)7-4-6-16-5-2-3-10-22-16/h2-3,5,10,13,15H,4,6-9,11-12,14H2,1H3,(H2,20,25). The molecule has 0 aromatic carbocycles. The van der Waals surface area contributed by atoms with Gasteiger partial charge in [-0.05, 0) is 57.3 Å². The smallest absolute Gasteiger partial charge is 0.223 e. The molecule has 0 atom stereocenters. The highest BCUT2D eigenvalue weighted by Gasteiger charge is 2.39. The summed E-state index contributed by atoms with van der Waals surface area (Å²) in [5.41, 5.74) is 7.71. The van der Waals surface area contributed by atoms with Crippen molar-refractivity contribution in [3.05, 3.63) is 48.3 Å². The lowest BCUT2D eigenvalue weighted by Gasteiger charge is -2.39. The van der Waals surface area contributed by atoms with Crippen molar-refractivity contribution in [1.82, 2.24) is 19.4 Å². The van der Waals surface area contributed by atoms with Crippen LogP contribution < -0.4 is 5.73 Å². The van der Waals surface area contributed by atoms with E-state index in [0.29, 0.717) is 0 Å². The molecule has 1 saturated heterocycles. The maximum Gasteiger partial charge on any atom is 0.223 e. The van der Waals surface area contributed by atoms with Gasteiger partial charge in [-0.3, -0.25) is 14.7 Å². The van der Waals surface area contributed by atoms with Gasteiger partial charge in [-0.25, -0.2) is 4.98 Å². The number of piperidine rings is 1. The molecule has 6 nitrogen and oxygen atoms in total. The lowest BCUT2D eigenvalue weighted by molar-refractivity contribution is -0.131. The second kappa shape index (κ2) is 7.78. The molecule has 3 rings (SSSR count). The van der Waals surface area contributed by atoms with Crippen LogP contribution >= 0.6 is 0 Å². The van der Waals surface area contributed by atoms with Crippen LogP contribution in [0.5, 0.6) is 0 Å². The zero-order valence-electron chi connectivity index (χ0n) is 14.9. The van der Waals surface area contributed by atoms with Crippen molar-refractivity contribution in [1.29, 1.82) is 0 Å². The number of nitrogens with zero attached hydrogens (tertiary/aromatic N) is 4. The van der Waals surface area contributed by atoms with Gasteiger partial charge in [0.25, 0.3) is 0 Å². The van der Waals surface area contributed by atoms with E-state index in [1.807, 2.05) is 48.5 Å². The van der Waals surface area contributed by atoms with Gasteiger partial charge >= 0.3 is 0 Å². The number of hydrogen-bond acceptors (Lipinski definition) is 4. The number of imidazole rings is 1. The van der Waals surface area contributed by atoms with Crippen LogP contribution in [0.25, 0.3) is 0 Å². The van der Waals surface area contributed by atoms with Gasteiger partial charge in [0.15, 0.2) is 0 Å². The zero-order chi connectivity index (χ0) is 17.7. The van der Waals surface area contributed by atoms with Crippen LogP contribution in [-0.4, -0.2) is 38.4 Å². The second-order valence-corrected chi connectivity index (χ2v) is 7.09. The first-order chi connectivity index (χ1) is 12.1. The summed E-state index contributed by atoms with van der Waals surface area (Å²) in [6.07, 6.45) is 9.91. The minimum Gasteiger partial charge on any atom is -0.369 e. The van der Waals surface area contributed by atoms with Crippen molar-refractivity contribution in [3.8, 4) is 0 Å². The molecule has 2 aromatic rings. The minimum absolute atomic E-state index is 0.145. The monoisotopic (exact) mass is 341 g/mol. The number of carbonyl (C=O) groups is 1. The Kier molecular flexibility index (Phi) is 5.48. The van der Waals surface area contributed by atoms with Crippen molar-refractivity contribution < 1.29 is 4.79 Å². The first-order valence-electron chi connectivity index (χ1n) is 8.96. The van der Waals surface area contributed by atoms with Crippen molar-refractivity contribution in [2.75, 3.05) is 13.1 Å². The quantitative estimate of drug-likeness (QED) is 0.834. The maximum absolute atomic E-state index is 12.2. The topological polar surface area (TPSA) is 77.0 Å². The van der Waals surface area contributed by atoms with Crippen LogP contribution in [0.4, 0.5) is 0 Å². The minimum atomic E-state index is -0.363. The van der Waals surface area contributed by atoms with E-state index in [2.05, 4.69) is 14.9 Å². The normalized spacial score (nSPS) is 17.5. The molecule has 0 spiro atoms. The van der Waals surface area contributed by atoms with Crippen molar-refractivity contribution in [2.24, 2.45) is 18.2 Å². The molecular formula is C19H27N5O. The summed E-state index contributed by atoms with van der Waals surface area (Å²) in [6, 6.07) is 5.96. The van der Waals surface area contributed by atoms with Crippen molar-refractivity contribution >= 4 is 5.91 Å². The molecule has 134 valence electrons. The Labute approximate surface area is 149 Å². The van der Waals surface area contributed by atoms with E-state index in [0.717, 1.165) is 57.4 Å². The van der Waals surface area contributed by atoms with E-state index in [9.17, 15) is 4.79 Å². The van der Waals surface area contributed by atoms with E-state index in [-0.39, 0.29) is 11.3 Å².